The highest BCUT2D eigenvalue weighted by Gasteiger charge is 2.27. The van der Waals surface area contributed by atoms with E-state index in [1.165, 1.54) is 29.6 Å². The number of quaternary nitrogens is 1. The molecule has 2 heterocycles. The van der Waals surface area contributed by atoms with Gasteiger partial charge in [0.1, 0.15) is 5.70 Å². The van der Waals surface area contributed by atoms with Crippen LogP contribution in [0.5, 0.6) is 0 Å². The van der Waals surface area contributed by atoms with E-state index >= 15 is 0 Å². The molecule has 0 bridgehead atoms. The second-order valence-corrected chi connectivity index (χ2v) is 5.89. The van der Waals surface area contributed by atoms with E-state index in [9.17, 15) is 8.42 Å². The highest BCUT2D eigenvalue weighted by molar-refractivity contribution is 7.94. The third-order valence-electron chi connectivity index (χ3n) is 2.89. The Labute approximate surface area is 79.3 Å². The summed E-state index contributed by atoms with van der Waals surface area (Å²) in [5.41, 5.74) is 1.12. The second kappa shape index (κ2) is 3.42. The number of allylic oxidation sites excluding steroid dienone is 1. The molecule has 0 aliphatic carbocycles. The van der Waals surface area contributed by atoms with E-state index in [0.717, 1.165) is 25.2 Å². The number of piperidine rings is 1. The van der Waals surface area contributed by atoms with Crippen molar-refractivity contribution >= 4 is 9.84 Å². The molecular formula is C9H16NO2S+. The van der Waals surface area contributed by atoms with E-state index in [1.54, 1.807) is 0 Å². The largest absolute Gasteiger partial charge is 0.305 e. The molecule has 4 heteroatoms. The van der Waals surface area contributed by atoms with Gasteiger partial charge >= 0.3 is 0 Å². The van der Waals surface area contributed by atoms with Crippen LogP contribution in [0.15, 0.2) is 11.1 Å². The van der Waals surface area contributed by atoms with Crippen molar-refractivity contribution in [2.45, 2.75) is 25.7 Å². The van der Waals surface area contributed by atoms with E-state index in [1.807, 2.05) is 0 Å². The molecule has 0 aromatic carbocycles. The highest BCUT2D eigenvalue weighted by Crippen LogP contribution is 2.12. The predicted octanol–water partition coefficient (Wildman–Crippen LogP) is -0.285. The van der Waals surface area contributed by atoms with Crippen LogP contribution >= 0.6 is 0 Å². The third-order valence-corrected chi connectivity index (χ3v) is 4.31. The number of nitrogens with one attached hydrogen (secondary N) is 1. The molecule has 1 fully saturated rings. The summed E-state index contributed by atoms with van der Waals surface area (Å²) < 4.78 is 22.4. The van der Waals surface area contributed by atoms with Gasteiger partial charge in [-0.2, -0.15) is 0 Å². The number of sulfone groups is 1. The first-order valence-corrected chi connectivity index (χ1v) is 6.67. The van der Waals surface area contributed by atoms with Gasteiger partial charge in [-0.1, -0.05) is 0 Å². The first-order chi connectivity index (χ1) is 6.17. The first-order valence-electron chi connectivity index (χ1n) is 4.96. The Kier molecular flexibility index (Phi) is 2.43. The minimum absolute atomic E-state index is 0.339. The summed E-state index contributed by atoms with van der Waals surface area (Å²) in [7, 11) is -2.83. The van der Waals surface area contributed by atoms with Crippen LogP contribution in [-0.4, -0.2) is 27.3 Å². The van der Waals surface area contributed by atoms with Crippen LogP contribution in [-0.2, 0) is 9.84 Å². The summed E-state index contributed by atoms with van der Waals surface area (Å²) in [6, 6.07) is 0. The SMILES string of the molecule is O=S1(=O)C=C([NH+]2CCCCC2)CC1. The van der Waals surface area contributed by atoms with Crippen LogP contribution in [0.4, 0.5) is 0 Å². The zero-order valence-corrected chi connectivity index (χ0v) is 8.57. The zero-order chi connectivity index (χ0) is 9.31. The van der Waals surface area contributed by atoms with Gasteiger partial charge in [0.05, 0.1) is 24.3 Å². The van der Waals surface area contributed by atoms with Gasteiger partial charge in [0, 0.05) is 6.42 Å². The summed E-state index contributed by atoms with van der Waals surface area (Å²) in [4.78, 5) is 1.41. The maximum atomic E-state index is 11.2. The predicted molar refractivity (Wildman–Crippen MR) is 51.0 cm³/mol. The van der Waals surface area contributed by atoms with Gasteiger partial charge < -0.3 is 4.90 Å². The Morgan fingerprint density at radius 2 is 1.85 bits per heavy atom. The van der Waals surface area contributed by atoms with E-state index in [0.29, 0.717) is 5.75 Å². The minimum Gasteiger partial charge on any atom is -0.305 e. The van der Waals surface area contributed by atoms with Crippen molar-refractivity contribution in [1.82, 2.24) is 0 Å². The molecule has 0 atom stereocenters. The Bertz CT molecular complexity index is 313. The van der Waals surface area contributed by atoms with Crippen LogP contribution in [0.2, 0.25) is 0 Å². The number of hydrogen-bond donors (Lipinski definition) is 1. The number of likely N-dealkylation sites (tertiary alicyclic amines) is 1. The van der Waals surface area contributed by atoms with E-state index in [2.05, 4.69) is 0 Å². The average molecular weight is 202 g/mol. The molecule has 1 N–H and O–H groups in total. The lowest BCUT2D eigenvalue weighted by atomic mass is 10.1. The van der Waals surface area contributed by atoms with Crippen LogP contribution in [0.3, 0.4) is 0 Å². The molecule has 1 saturated heterocycles. The molecule has 3 nitrogen and oxygen atoms in total. The van der Waals surface area contributed by atoms with Gasteiger partial charge in [-0.15, -0.1) is 0 Å². The molecule has 2 aliphatic heterocycles. The fourth-order valence-electron chi connectivity index (χ4n) is 2.15. The van der Waals surface area contributed by atoms with Crippen molar-refractivity contribution in [3.63, 3.8) is 0 Å². The van der Waals surface area contributed by atoms with Crippen LogP contribution in [0.1, 0.15) is 25.7 Å². The van der Waals surface area contributed by atoms with Gasteiger partial charge in [0.25, 0.3) is 0 Å². The molecule has 0 aromatic rings. The fourth-order valence-corrected chi connectivity index (χ4v) is 3.49. The quantitative estimate of drug-likeness (QED) is 0.635. The van der Waals surface area contributed by atoms with Crippen molar-refractivity contribution in [3.05, 3.63) is 11.1 Å². The van der Waals surface area contributed by atoms with Gasteiger partial charge in [0.2, 0.25) is 0 Å². The zero-order valence-electron chi connectivity index (χ0n) is 7.75. The monoisotopic (exact) mass is 202 g/mol. The van der Waals surface area contributed by atoms with E-state index < -0.39 is 9.84 Å². The Hall–Kier alpha value is -0.350. The third kappa shape index (κ3) is 2.11. The van der Waals surface area contributed by atoms with Crippen molar-refractivity contribution < 1.29 is 13.3 Å². The molecule has 0 unspecified atom stereocenters. The lowest BCUT2D eigenvalue weighted by molar-refractivity contribution is -0.867. The van der Waals surface area contributed by atoms with Gasteiger partial charge in [0.15, 0.2) is 9.84 Å². The fraction of sp³-hybridized carbons (Fsp3) is 0.778. The summed E-state index contributed by atoms with van der Waals surface area (Å²) in [6.07, 6.45) is 4.56. The maximum absolute atomic E-state index is 11.2. The topological polar surface area (TPSA) is 38.6 Å². The van der Waals surface area contributed by atoms with Crippen molar-refractivity contribution in [3.8, 4) is 0 Å². The highest BCUT2D eigenvalue weighted by atomic mass is 32.2. The molecule has 0 aromatic heterocycles. The molecule has 13 heavy (non-hydrogen) atoms. The van der Waals surface area contributed by atoms with Crippen LogP contribution < -0.4 is 4.90 Å². The Morgan fingerprint density at radius 1 is 1.15 bits per heavy atom. The summed E-state index contributed by atoms with van der Waals surface area (Å²) in [5.74, 6) is 0.339. The number of hydrogen-bond acceptors (Lipinski definition) is 2. The van der Waals surface area contributed by atoms with E-state index in [-0.39, 0.29) is 0 Å². The van der Waals surface area contributed by atoms with Gasteiger partial charge in [-0.3, -0.25) is 0 Å². The van der Waals surface area contributed by atoms with Crippen molar-refractivity contribution in [2.24, 2.45) is 0 Å². The maximum Gasteiger partial charge on any atom is 0.177 e. The summed E-state index contributed by atoms with van der Waals surface area (Å²) in [6.45, 7) is 2.25. The van der Waals surface area contributed by atoms with Crippen molar-refractivity contribution in [1.29, 1.82) is 0 Å². The standard InChI is InChI=1S/C9H15NO2S/c11-13(12)7-4-9(8-13)10-5-2-1-3-6-10/h8H,1-7H2/p+1. The van der Waals surface area contributed by atoms with Crippen LogP contribution in [0, 0.1) is 0 Å². The summed E-state index contributed by atoms with van der Waals surface area (Å²) in [5, 5.41) is 1.51. The molecular weight excluding hydrogens is 186 g/mol. The van der Waals surface area contributed by atoms with Gasteiger partial charge in [-0.05, 0) is 19.3 Å². The molecule has 0 amide bonds. The normalized spacial score (nSPS) is 28.8. The molecule has 2 aliphatic rings. The van der Waals surface area contributed by atoms with E-state index in [4.69, 9.17) is 0 Å². The minimum atomic E-state index is -2.83. The molecule has 74 valence electrons. The average Bonchev–Trinajstić information content (AvgIpc) is 2.48. The molecule has 0 saturated carbocycles. The lowest BCUT2D eigenvalue weighted by Crippen LogP contribution is -3.10. The van der Waals surface area contributed by atoms with Gasteiger partial charge in [-0.25, -0.2) is 8.42 Å². The summed E-state index contributed by atoms with van der Waals surface area (Å²) >= 11 is 0. The second-order valence-electron chi connectivity index (χ2n) is 3.92. The lowest BCUT2D eigenvalue weighted by Gasteiger charge is -2.23. The first kappa shape index (κ1) is 9.21. The molecule has 0 spiro atoms. The van der Waals surface area contributed by atoms with Crippen molar-refractivity contribution in [2.75, 3.05) is 18.8 Å². The molecule has 0 radical (unpaired) electrons. The van der Waals surface area contributed by atoms with Crippen LogP contribution in [0.25, 0.3) is 0 Å². The molecule has 2 rings (SSSR count). The Morgan fingerprint density at radius 3 is 2.38 bits per heavy atom. The smallest absolute Gasteiger partial charge is 0.177 e. The Balaban J connectivity index is 2.09. The number of rotatable bonds is 1.